The van der Waals surface area contributed by atoms with E-state index in [4.69, 9.17) is 16.3 Å². The molecule has 0 N–H and O–H groups in total. The minimum absolute atomic E-state index is 0. The zero-order chi connectivity index (χ0) is 8.53. The molecular formula is C8H19Cl2NO. The summed E-state index contributed by atoms with van der Waals surface area (Å²) in [4.78, 5) is 2.33. The van der Waals surface area contributed by atoms with Gasteiger partial charge in [0.25, 0.3) is 0 Å². The molecule has 0 aliphatic carbocycles. The molecule has 0 aliphatic rings. The lowest BCUT2D eigenvalue weighted by molar-refractivity contribution is 0.118. The van der Waals surface area contributed by atoms with Gasteiger partial charge in [0, 0.05) is 12.4 Å². The van der Waals surface area contributed by atoms with Crippen LogP contribution in [0.25, 0.3) is 0 Å². The average Bonchev–Trinajstić information content (AvgIpc) is 2.05. The Kier molecular flexibility index (Phi) is 14.4. The standard InChI is InChI=1S/C8H18ClNO.ClH/c1-3-10(4-2)6-8-11-7-5-9;/h3-8H2,1-2H3;1H. The monoisotopic (exact) mass is 215 g/mol. The van der Waals surface area contributed by atoms with Gasteiger partial charge in [0.1, 0.15) is 0 Å². The molecule has 4 heteroatoms. The second-order valence-electron chi connectivity index (χ2n) is 2.33. The molecule has 0 aromatic heterocycles. The van der Waals surface area contributed by atoms with E-state index in [0.29, 0.717) is 12.5 Å². The molecule has 0 rings (SSSR count). The third kappa shape index (κ3) is 8.60. The highest BCUT2D eigenvalue weighted by Gasteiger charge is 1.96. The van der Waals surface area contributed by atoms with Crippen LogP contribution in [0.15, 0.2) is 0 Å². The summed E-state index contributed by atoms with van der Waals surface area (Å²) >= 11 is 5.45. The van der Waals surface area contributed by atoms with Gasteiger partial charge in [-0.05, 0) is 13.1 Å². The van der Waals surface area contributed by atoms with Crippen LogP contribution in [-0.2, 0) is 4.74 Å². The molecule has 0 aromatic rings. The molecule has 0 heterocycles. The largest absolute Gasteiger partial charge is 0.379 e. The Morgan fingerprint density at radius 3 is 2.17 bits per heavy atom. The van der Waals surface area contributed by atoms with Gasteiger partial charge in [0.2, 0.25) is 0 Å². The van der Waals surface area contributed by atoms with Crippen LogP contribution < -0.4 is 0 Å². The lowest BCUT2D eigenvalue weighted by atomic mass is 10.5. The maximum Gasteiger partial charge on any atom is 0.0602 e. The van der Waals surface area contributed by atoms with Crippen LogP contribution in [0.1, 0.15) is 13.8 Å². The maximum absolute atomic E-state index is 5.45. The van der Waals surface area contributed by atoms with Crippen molar-refractivity contribution >= 4 is 24.0 Å². The van der Waals surface area contributed by atoms with Gasteiger partial charge in [0.05, 0.1) is 13.2 Å². The van der Waals surface area contributed by atoms with Crippen molar-refractivity contribution in [2.24, 2.45) is 0 Å². The van der Waals surface area contributed by atoms with E-state index >= 15 is 0 Å². The number of nitrogens with zero attached hydrogens (tertiary/aromatic N) is 1. The normalized spacial score (nSPS) is 10.0. The van der Waals surface area contributed by atoms with Crippen LogP contribution in [0.5, 0.6) is 0 Å². The molecular weight excluding hydrogens is 197 g/mol. The summed E-state index contributed by atoms with van der Waals surface area (Å²) in [7, 11) is 0. The first-order chi connectivity index (χ1) is 5.35. The summed E-state index contributed by atoms with van der Waals surface area (Å²) < 4.78 is 5.24. The maximum atomic E-state index is 5.45. The van der Waals surface area contributed by atoms with E-state index in [2.05, 4.69) is 18.7 Å². The lowest BCUT2D eigenvalue weighted by Crippen LogP contribution is -2.27. The zero-order valence-electron chi connectivity index (χ0n) is 7.88. The number of rotatable bonds is 7. The van der Waals surface area contributed by atoms with Crippen molar-refractivity contribution in [3.8, 4) is 0 Å². The summed E-state index contributed by atoms with van der Waals surface area (Å²) in [5, 5.41) is 0. The molecule has 76 valence electrons. The molecule has 0 spiro atoms. The van der Waals surface area contributed by atoms with Crippen LogP contribution in [0.4, 0.5) is 0 Å². The van der Waals surface area contributed by atoms with E-state index < -0.39 is 0 Å². The van der Waals surface area contributed by atoms with E-state index in [1.165, 1.54) is 0 Å². The number of likely N-dealkylation sites (N-methyl/N-ethyl adjacent to an activating group) is 1. The molecule has 0 fully saturated rings. The van der Waals surface area contributed by atoms with Crippen LogP contribution in [-0.4, -0.2) is 43.6 Å². The first kappa shape index (κ1) is 15.0. The summed E-state index contributed by atoms with van der Waals surface area (Å²) in [6.07, 6.45) is 0. The molecule has 12 heavy (non-hydrogen) atoms. The SMILES string of the molecule is CCN(CC)CCOCCCl.Cl. The minimum Gasteiger partial charge on any atom is -0.379 e. The predicted octanol–water partition coefficient (Wildman–Crippen LogP) is 2.01. The Hall–Kier alpha value is 0.500. The molecule has 0 saturated carbocycles. The lowest BCUT2D eigenvalue weighted by Gasteiger charge is -2.17. The first-order valence-electron chi connectivity index (χ1n) is 4.21. The van der Waals surface area contributed by atoms with Crippen molar-refractivity contribution in [2.45, 2.75) is 13.8 Å². The summed E-state index contributed by atoms with van der Waals surface area (Å²) in [6, 6.07) is 0. The molecule has 0 bridgehead atoms. The van der Waals surface area contributed by atoms with Gasteiger partial charge in [0.15, 0.2) is 0 Å². The quantitative estimate of drug-likeness (QED) is 0.476. The summed E-state index contributed by atoms with van der Waals surface area (Å²) in [5.41, 5.74) is 0. The Bertz CT molecular complexity index is 79.5. The zero-order valence-corrected chi connectivity index (χ0v) is 9.46. The highest BCUT2D eigenvalue weighted by Crippen LogP contribution is 1.87. The Morgan fingerprint density at radius 1 is 1.17 bits per heavy atom. The van der Waals surface area contributed by atoms with E-state index in [0.717, 1.165) is 26.2 Å². The summed E-state index contributed by atoms with van der Waals surface area (Å²) in [5.74, 6) is 0.595. The number of halogens is 2. The van der Waals surface area contributed by atoms with Crippen molar-refractivity contribution in [1.29, 1.82) is 0 Å². The van der Waals surface area contributed by atoms with Crippen LogP contribution >= 0.6 is 24.0 Å². The van der Waals surface area contributed by atoms with E-state index in [9.17, 15) is 0 Å². The van der Waals surface area contributed by atoms with Gasteiger partial charge in [-0.3, -0.25) is 0 Å². The molecule has 0 atom stereocenters. The third-order valence-electron chi connectivity index (χ3n) is 1.67. The van der Waals surface area contributed by atoms with Gasteiger partial charge in [-0.2, -0.15) is 0 Å². The van der Waals surface area contributed by atoms with E-state index in [1.54, 1.807) is 0 Å². The fourth-order valence-electron chi connectivity index (χ4n) is 0.890. The van der Waals surface area contributed by atoms with E-state index in [1.807, 2.05) is 0 Å². The molecule has 0 amide bonds. The first-order valence-corrected chi connectivity index (χ1v) is 4.74. The number of alkyl halides is 1. The van der Waals surface area contributed by atoms with Gasteiger partial charge >= 0.3 is 0 Å². The number of ether oxygens (including phenoxy) is 1. The Balaban J connectivity index is 0. The van der Waals surface area contributed by atoms with Gasteiger partial charge in [-0.25, -0.2) is 0 Å². The van der Waals surface area contributed by atoms with Gasteiger partial charge in [-0.15, -0.1) is 24.0 Å². The Morgan fingerprint density at radius 2 is 1.75 bits per heavy atom. The molecule has 0 unspecified atom stereocenters. The van der Waals surface area contributed by atoms with Crippen LogP contribution in [0, 0.1) is 0 Å². The van der Waals surface area contributed by atoms with Gasteiger partial charge < -0.3 is 9.64 Å². The fraction of sp³-hybridized carbons (Fsp3) is 1.00. The second kappa shape index (κ2) is 11.5. The van der Waals surface area contributed by atoms with Crippen LogP contribution in [0.3, 0.4) is 0 Å². The smallest absolute Gasteiger partial charge is 0.0602 e. The summed E-state index contributed by atoms with van der Waals surface area (Å²) in [6.45, 7) is 9.00. The minimum atomic E-state index is 0. The van der Waals surface area contributed by atoms with Crippen molar-refractivity contribution in [3.63, 3.8) is 0 Å². The van der Waals surface area contributed by atoms with Crippen LogP contribution in [0.2, 0.25) is 0 Å². The predicted molar refractivity (Wildman–Crippen MR) is 56.6 cm³/mol. The second-order valence-corrected chi connectivity index (χ2v) is 2.71. The molecule has 0 saturated heterocycles. The van der Waals surface area contributed by atoms with Gasteiger partial charge in [-0.1, -0.05) is 13.8 Å². The molecule has 0 radical (unpaired) electrons. The molecule has 0 aliphatic heterocycles. The number of hydrogen-bond donors (Lipinski definition) is 0. The van der Waals surface area contributed by atoms with Crippen molar-refractivity contribution in [2.75, 3.05) is 38.7 Å². The Labute approximate surface area is 86.6 Å². The highest BCUT2D eigenvalue weighted by atomic mass is 35.5. The highest BCUT2D eigenvalue weighted by molar-refractivity contribution is 6.17. The van der Waals surface area contributed by atoms with E-state index in [-0.39, 0.29) is 12.4 Å². The molecule has 2 nitrogen and oxygen atoms in total. The third-order valence-corrected chi connectivity index (χ3v) is 1.82. The van der Waals surface area contributed by atoms with Crippen molar-refractivity contribution in [3.05, 3.63) is 0 Å². The van der Waals surface area contributed by atoms with Crippen molar-refractivity contribution < 1.29 is 4.74 Å². The molecule has 0 aromatic carbocycles. The average molecular weight is 216 g/mol. The number of hydrogen-bond acceptors (Lipinski definition) is 2. The van der Waals surface area contributed by atoms with Crippen molar-refractivity contribution in [1.82, 2.24) is 4.90 Å². The fourth-order valence-corrected chi connectivity index (χ4v) is 0.999. The topological polar surface area (TPSA) is 12.5 Å².